The fourth-order valence-corrected chi connectivity index (χ4v) is 1.68. The molecule has 0 aliphatic carbocycles. The lowest BCUT2D eigenvalue weighted by atomic mass is 10.0. The van der Waals surface area contributed by atoms with Gasteiger partial charge in [-0.2, -0.15) is 0 Å². The van der Waals surface area contributed by atoms with E-state index in [0.717, 1.165) is 0 Å². The maximum absolute atomic E-state index is 12.0. The lowest BCUT2D eigenvalue weighted by Crippen LogP contribution is -2.47. The number of hydrogen-bond acceptors (Lipinski definition) is 4. The molecule has 0 saturated heterocycles. The third-order valence-electron chi connectivity index (χ3n) is 3.01. The van der Waals surface area contributed by atoms with Gasteiger partial charge in [0, 0.05) is 19.6 Å². The lowest BCUT2D eigenvalue weighted by molar-refractivity contribution is -0.145. The molecule has 0 saturated carbocycles. The summed E-state index contributed by atoms with van der Waals surface area (Å²) in [5, 5.41) is 11.5. The highest BCUT2D eigenvalue weighted by atomic mass is 16.5. The molecule has 0 rings (SSSR count). The molecule has 0 bridgehead atoms. The quantitative estimate of drug-likeness (QED) is 0.680. The molecule has 116 valence electrons. The Hall–Kier alpha value is -1.79. The van der Waals surface area contributed by atoms with Gasteiger partial charge < -0.3 is 20.1 Å². The average molecular weight is 288 g/mol. The molecule has 2 atom stereocenters. The molecular weight excluding hydrogens is 264 g/mol. The molecule has 2 amide bonds. The Bertz CT molecular complexity index is 357. The molecule has 0 aliphatic rings. The van der Waals surface area contributed by atoms with Crippen molar-refractivity contribution in [2.75, 3.05) is 20.7 Å². The predicted octanol–water partition coefficient (Wildman–Crippen LogP) is 0.936. The summed E-state index contributed by atoms with van der Waals surface area (Å²) < 4.78 is 4.59. The van der Waals surface area contributed by atoms with Gasteiger partial charge in [0.05, 0.1) is 19.4 Å². The molecule has 0 aromatic rings. The van der Waals surface area contributed by atoms with E-state index < -0.39 is 29.9 Å². The Kier molecular flexibility index (Phi) is 7.64. The summed E-state index contributed by atoms with van der Waals surface area (Å²) in [6.45, 7) is 5.54. The van der Waals surface area contributed by atoms with Crippen LogP contribution in [0.15, 0.2) is 0 Å². The number of carboxylic acid groups (broad SMARTS) is 1. The molecule has 0 aromatic heterocycles. The van der Waals surface area contributed by atoms with Crippen LogP contribution < -0.4 is 5.32 Å². The van der Waals surface area contributed by atoms with Crippen molar-refractivity contribution in [1.82, 2.24) is 10.2 Å². The Morgan fingerprint density at radius 1 is 1.25 bits per heavy atom. The van der Waals surface area contributed by atoms with E-state index in [1.807, 2.05) is 13.8 Å². The van der Waals surface area contributed by atoms with E-state index in [4.69, 9.17) is 5.11 Å². The Morgan fingerprint density at radius 3 is 2.20 bits per heavy atom. The van der Waals surface area contributed by atoms with E-state index in [1.165, 1.54) is 12.0 Å². The van der Waals surface area contributed by atoms with E-state index in [-0.39, 0.29) is 18.9 Å². The van der Waals surface area contributed by atoms with Gasteiger partial charge in [-0.25, -0.2) is 4.79 Å². The summed E-state index contributed by atoms with van der Waals surface area (Å²) in [4.78, 5) is 35.3. The Balaban J connectivity index is 4.49. The van der Waals surface area contributed by atoms with Crippen molar-refractivity contribution in [3.05, 3.63) is 0 Å². The topological polar surface area (TPSA) is 95.9 Å². The summed E-state index contributed by atoms with van der Waals surface area (Å²) in [6, 6.07) is -0.850. The minimum Gasteiger partial charge on any atom is -0.481 e. The smallest absolute Gasteiger partial charge is 0.317 e. The normalized spacial score (nSPS) is 13.5. The van der Waals surface area contributed by atoms with Gasteiger partial charge in [0.15, 0.2) is 0 Å². The standard InChI is InChI=1S/C13H24N2O5/c1-8(2)10(6-11(16)17)14-13(19)15(4)7-9(3)12(18)20-5/h8-10H,6-7H2,1-5H3,(H,14,19)(H,16,17). The molecule has 0 spiro atoms. The zero-order valence-electron chi connectivity index (χ0n) is 12.7. The van der Waals surface area contributed by atoms with Gasteiger partial charge >= 0.3 is 18.0 Å². The van der Waals surface area contributed by atoms with Crippen LogP contribution in [0.5, 0.6) is 0 Å². The van der Waals surface area contributed by atoms with Crippen LogP contribution in [0.25, 0.3) is 0 Å². The number of urea groups is 1. The zero-order chi connectivity index (χ0) is 15.9. The maximum Gasteiger partial charge on any atom is 0.317 e. The van der Waals surface area contributed by atoms with E-state index in [2.05, 4.69) is 10.1 Å². The molecule has 0 heterocycles. The first-order valence-electron chi connectivity index (χ1n) is 6.50. The molecule has 0 fully saturated rings. The van der Waals surface area contributed by atoms with Crippen LogP contribution in [0.2, 0.25) is 0 Å². The Morgan fingerprint density at radius 2 is 1.80 bits per heavy atom. The summed E-state index contributed by atoms with van der Waals surface area (Å²) >= 11 is 0. The Labute approximate surface area is 119 Å². The average Bonchev–Trinajstić information content (AvgIpc) is 2.35. The van der Waals surface area contributed by atoms with Crippen LogP contribution in [0, 0.1) is 11.8 Å². The number of rotatable bonds is 7. The van der Waals surface area contributed by atoms with Crippen molar-refractivity contribution in [2.45, 2.75) is 33.2 Å². The highest BCUT2D eigenvalue weighted by Crippen LogP contribution is 2.08. The first-order chi connectivity index (χ1) is 9.18. The van der Waals surface area contributed by atoms with Crippen molar-refractivity contribution in [3.63, 3.8) is 0 Å². The third kappa shape index (κ3) is 6.40. The van der Waals surface area contributed by atoms with Crippen LogP contribution in [-0.2, 0) is 14.3 Å². The largest absolute Gasteiger partial charge is 0.481 e. The number of hydrogen-bond donors (Lipinski definition) is 2. The minimum atomic E-state index is -0.963. The first kappa shape index (κ1) is 18.2. The van der Waals surface area contributed by atoms with Gasteiger partial charge in [-0.3, -0.25) is 9.59 Å². The van der Waals surface area contributed by atoms with Gasteiger partial charge in [0.2, 0.25) is 0 Å². The zero-order valence-corrected chi connectivity index (χ0v) is 12.7. The van der Waals surface area contributed by atoms with Gasteiger partial charge in [-0.1, -0.05) is 20.8 Å². The fraction of sp³-hybridized carbons (Fsp3) is 0.769. The number of amides is 2. The summed E-state index contributed by atoms with van der Waals surface area (Å²) in [5.41, 5.74) is 0. The molecule has 0 radical (unpaired) electrons. The van der Waals surface area contributed by atoms with Crippen LogP contribution in [-0.4, -0.2) is 54.7 Å². The van der Waals surface area contributed by atoms with E-state index >= 15 is 0 Å². The number of carboxylic acids is 1. The van der Waals surface area contributed by atoms with Crippen molar-refractivity contribution < 1.29 is 24.2 Å². The molecule has 0 aliphatic heterocycles. The molecule has 2 unspecified atom stereocenters. The lowest BCUT2D eigenvalue weighted by Gasteiger charge is -2.26. The van der Waals surface area contributed by atoms with E-state index in [1.54, 1.807) is 14.0 Å². The SMILES string of the molecule is COC(=O)C(C)CN(C)C(=O)NC(CC(=O)O)C(C)C. The number of ether oxygens (including phenoxy) is 1. The van der Waals surface area contributed by atoms with Crippen molar-refractivity contribution >= 4 is 18.0 Å². The highest BCUT2D eigenvalue weighted by Gasteiger charge is 2.23. The van der Waals surface area contributed by atoms with Crippen LogP contribution in [0.4, 0.5) is 4.79 Å². The van der Waals surface area contributed by atoms with E-state index in [9.17, 15) is 14.4 Å². The fourth-order valence-electron chi connectivity index (χ4n) is 1.68. The number of methoxy groups -OCH3 is 1. The maximum atomic E-state index is 12.0. The number of nitrogens with one attached hydrogen (secondary N) is 1. The van der Waals surface area contributed by atoms with Crippen LogP contribution in [0.3, 0.4) is 0 Å². The number of carbonyl (C=O) groups excluding carboxylic acids is 2. The monoisotopic (exact) mass is 288 g/mol. The number of nitrogens with zero attached hydrogens (tertiary/aromatic N) is 1. The number of carbonyl (C=O) groups is 3. The van der Waals surface area contributed by atoms with Crippen molar-refractivity contribution in [2.24, 2.45) is 11.8 Å². The van der Waals surface area contributed by atoms with Crippen molar-refractivity contribution in [1.29, 1.82) is 0 Å². The predicted molar refractivity (Wildman–Crippen MR) is 73.2 cm³/mol. The van der Waals surface area contributed by atoms with Gasteiger partial charge in [-0.15, -0.1) is 0 Å². The van der Waals surface area contributed by atoms with Gasteiger partial charge in [-0.05, 0) is 5.92 Å². The van der Waals surface area contributed by atoms with Gasteiger partial charge in [0.1, 0.15) is 0 Å². The second-order valence-electron chi connectivity index (χ2n) is 5.20. The van der Waals surface area contributed by atoms with Crippen LogP contribution >= 0.6 is 0 Å². The molecule has 7 heteroatoms. The molecule has 20 heavy (non-hydrogen) atoms. The molecule has 7 nitrogen and oxygen atoms in total. The first-order valence-corrected chi connectivity index (χ1v) is 6.50. The molecule has 2 N–H and O–H groups in total. The van der Waals surface area contributed by atoms with Gasteiger partial charge in [0.25, 0.3) is 0 Å². The van der Waals surface area contributed by atoms with Crippen LogP contribution in [0.1, 0.15) is 27.2 Å². The summed E-state index contributed by atoms with van der Waals surface area (Å²) in [6.07, 6.45) is -0.135. The molecular formula is C13H24N2O5. The molecule has 0 aromatic carbocycles. The minimum absolute atomic E-state index is 0.00137. The summed E-state index contributed by atoms with van der Waals surface area (Å²) in [7, 11) is 2.84. The summed E-state index contributed by atoms with van der Waals surface area (Å²) in [5.74, 6) is -1.79. The highest BCUT2D eigenvalue weighted by molar-refractivity contribution is 5.77. The third-order valence-corrected chi connectivity index (χ3v) is 3.01. The second kappa shape index (κ2) is 8.39. The number of aliphatic carboxylic acids is 1. The van der Waals surface area contributed by atoms with E-state index in [0.29, 0.717) is 0 Å². The van der Waals surface area contributed by atoms with Crippen molar-refractivity contribution in [3.8, 4) is 0 Å². The second-order valence-corrected chi connectivity index (χ2v) is 5.20. The number of esters is 1.